The van der Waals surface area contributed by atoms with E-state index in [1.54, 1.807) is 49.0 Å². The number of nitro groups is 1. The average molecular weight is 496 g/mol. The van der Waals surface area contributed by atoms with Crippen molar-refractivity contribution in [2.75, 3.05) is 13.7 Å². The van der Waals surface area contributed by atoms with Crippen LogP contribution in [0.4, 0.5) is 5.69 Å². The number of hydrogen-bond donors (Lipinski definition) is 1. The molecule has 1 aliphatic heterocycles. The van der Waals surface area contributed by atoms with Gasteiger partial charge in [-0.2, -0.15) is 0 Å². The second-order valence-corrected chi connectivity index (χ2v) is 8.27. The Bertz CT molecular complexity index is 1270. The lowest BCUT2D eigenvalue weighted by Crippen LogP contribution is -2.37. The molecule has 2 N–H and O–H groups in total. The van der Waals surface area contributed by atoms with E-state index in [0.29, 0.717) is 35.5 Å². The number of carbonyl (C=O) groups excluding carboxylic acids is 3. The summed E-state index contributed by atoms with van der Waals surface area (Å²) < 4.78 is 12.2. The van der Waals surface area contributed by atoms with Crippen molar-refractivity contribution in [3.8, 4) is 0 Å². The zero-order valence-corrected chi connectivity index (χ0v) is 20.2. The van der Waals surface area contributed by atoms with Gasteiger partial charge in [0.1, 0.15) is 11.5 Å². The Morgan fingerprint density at radius 2 is 1.94 bits per heavy atom. The van der Waals surface area contributed by atoms with Crippen LogP contribution in [0.2, 0.25) is 0 Å². The van der Waals surface area contributed by atoms with Crippen molar-refractivity contribution in [2.24, 2.45) is 16.6 Å². The molecule has 0 bridgehead atoms. The number of esters is 2. The fourth-order valence-corrected chi connectivity index (χ4v) is 4.22. The minimum atomic E-state index is -0.949. The van der Waals surface area contributed by atoms with Crippen LogP contribution in [0.15, 0.2) is 65.1 Å². The molecule has 0 saturated carbocycles. The Balaban J connectivity index is 1.84. The summed E-state index contributed by atoms with van der Waals surface area (Å²) in [5.74, 6) is -3.65. The van der Waals surface area contributed by atoms with E-state index in [1.807, 2.05) is 0 Å². The van der Waals surface area contributed by atoms with Gasteiger partial charge in [-0.05, 0) is 25.5 Å². The summed E-state index contributed by atoms with van der Waals surface area (Å²) in [7, 11) is 1.23. The molecule has 1 aromatic heterocycles. The van der Waals surface area contributed by atoms with Gasteiger partial charge < -0.3 is 15.2 Å². The number of aryl methyl sites for hydroxylation is 1. The third kappa shape index (κ3) is 5.80. The van der Waals surface area contributed by atoms with Gasteiger partial charge in [-0.25, -0.2) is 9.36 Å². The summed E-state index contributed by atoms with van der Waals surface area (Å²) in [6.45, 7) is 3.79. The Kier molecular flexibility index (Phi) is 8.26. The van der Waals surface area contributed by atoms with Crippen molar-refractivity contribution in [2.45, 2.75) is 32.7 Å². The molecule has 36 heavy (non-hydrogen) atoms. The predicted octanol–water partition coefficient (Wildman–Crippen LogP) is 2.24. The standard InChI is InChI=1S/C25H26N4O7/c1-15-20(24(31)35-3)22(17-7-4-9-19(13-17)29(33)34)21(16(2)27-15)25(32)36-12-6-11-28-10-5-8-18(14-28)23(26)30/h4-5,7-10,13-14,20,22H,6,11-12H2,1-3H3,(H-,26,30)/p+1/t20?,22-/m0/s1. The number of hydrogen-bond acceptors (Lipinski definition) is 8. The van der Waals surface area contributed by atoms with E-state index in [1.165, 1.54) is 25.3 Å². The molecule has 2 atom stereocenters. The van der Waals surface area contributed by atoms with Gasteiger partial charge in [-0.15, -0.1) is 0 Å². The molecule has 188 valence electrons. The normalized spacial score (nSPS) is 17.2. The van der Waals surface area contributed by atoms with Gasteiger partial charge in [-0.1, -0.05) is 12.1 Å². The first kappa shape index (κ1) is 26.2. The van der Waals surface area contributed by atoms with E-state index >= 15 is 0 Å². The monoisotopic (exact) mass is 495 g/mol. The molecule has 2 heterocycles. The number of nitro benzene ring substituents is 1. The number of aliphatic imine (C=N–C) groups is 1. The molecule has 1 aliphatic rings. The predicted molar refractivity (Wildman–Crippen MR) is 128 cm³/mol. The summed E-state index contributed by atoms with van der Waals surface area (Å²) >= 11 is 0. The first-order chi connectivity index (χ1) is 17.1. The van der Waals surface area contributed by atoms with Crippen molar-refractivity contribution in [1.29, 1.82) is 0 Å². The lowest BCUT2D eigenvalue weighted by Gasteiger charge is -2.31. The minimum Gasteiger partial charge on any atom is -0.468 e. The number of pyridine rings is 1. The topological polar surface area (TPSA) is 155 Å². The van der Waals surface area contributed by atoms with E-state index in [4.69, 9.17) is 15.2 Å². The van der Waals surface area contributed by atoms with Crippen molar-refractivity contribution >= 4 is 29.2 Å². The number of ether oxygens (including phenoxy) is 2. The third-order valence-electron chi connectivity index (χ3n) is 5.88. The molecule has 0 radical (unpaired) electrons. The van der Waals surface area contributed by atoms with E-state index in [0.717, 1.165) is 0 Å². The van der Waals surface area contributed by atoms with Crippen molar-refractivity contribution in [3.63, 3.8) is 0 Å². The van der Waals surface area contributed by atoms with Gasteiger partial charge in [0, 0.05) is 41.9 Å². The number of carbonyl (C=O) groups is 3. The van der Waals surface area contributed by atoms with Crippen LogP contribution in [0.25, 0.3) is 0 Å². The van der Waals surface area contributed by atoms with Crippen molar-refractivity contribution < 1.29 is 33.3 Å². The molecule has 0 saturated heterocycles. The lowest BCUT2D eigenvalue weighted by atomic mass is 9.75. The number of methoxy groups -OCH3 is 1. The van der Waals surface area contributed by atoms with E-state index in [2.05, 4.69) is 4.99 Å². The number of primary amides is 1. The Hall–Kier alpha value is -4.41. The molecular formula is C25H27N4O7+. The Labute approximate surface area is 207 Å². The molecule has 1 aromatic carbocycles. The first-order valence-electron chi connectivity index (χ1n) is 11.2. The van der Waals surface area contributed by atoms with Crippen LogP contribution in [0, 0.1) is 16.0 Å². The third-order valence-corrected chi connectivity index (χ3v) is 5.88. The molecule has 0 spiro atoms. The number of aromatic nitrogens is 1. The molecule has 1 amide bonds. The maximum atomic E-state index is 13.2. The summed E-state index contributed by atoms with van der Waals surface area (Å²) in [6.07, 6.45) is 3.81. The minimum absolute atomic E-state index is 0.0522. The number of rotatable bonds is 9. The van der Waals surface area contributed by atoms with Crippen LogP contribution in [0.5, 0.6) is 0 Å². The van der Waals surface area contributed by atoms with Gasteiger partial charge in [-0.3, -0.25) is 24.7 Å². The van der Waals surface area contributed by atoms with Gasteiger partial charge in [0.05, 0.1) is 24.2 Å². The highest BCUT2D eigenvalue weighted by Crippen LogP contribution is 2.40. The fraction of sp³-hybridized carbons (Fsp3) is 0.320. The highest BCUT2D eigenvalue weighted by molar-refractivity contribution is 6.07. The zero-order valence-electron chi connectivity index (χ0n) is 20.2. The largest absolute Gasteiger partial charge is 0.468 e. The van der Waals surface area contributed by atoms with Gasteiger partial charge in [0.15, 0.2) is 18.9 Å². The molecule has 3 rings (SSSR count). The smallest absolute Gasteiger partial charge is 0.336 e. The molecule has 2 aromatic rings. The summed E-state index contributed by atoms with van der Waals surface area (Å²) in [4.78, 5) is 52.5. The molecule has 11 heteroatoms. The Morgan fingerprint density at radius 3 is 2.61 bits per heavy atom. The fourth-order valence-electron chi connectivity index (χ4n) is 4.22. The second kappa shape index (κ2) is 11.3. The van der Waals surface area contributed by atoms with Crippen LogP contribution in [0.3, 0.4) is 0 Å². The maximum Gasteiger partial charge on any atom is 0.336 e. The van der Waals surface area contributed by atoms with E-state index in [9.17, 15) is 24.5 Å². The number of allylic oxidation sites excluding steroid dienone is 1. The zero-order chi connectivity index (χ0) is 26.4. The van der Waals surface area contributed by atoms with E-state index in [-0.39, 0.29) is 17.9 Å². The van der Waals surface area contributed by atoms with E-state index < -0.39 is 34.6 Å². The summed E-state index contributed by atoms with van der Waals surface area (Å²) in [6, 6.07) is 9.08. The molecule has 1 unspecified atom stereocenters. The highest BCUT2D eigenvalue weighted by atomic mass is 16.6. The van der Waals surface area contributed by atoms with Crippen molar-refractivity contribution in [3.05, 3.63) is 81.3 Å². The van der Waals surface area contributed by atoms with Gasteiger partial charge >= 0.3 is 11.9 Å². The van der Waals surface area contributed by atoms with Crippen LogP contribution in [0.1, 0.15) is 42.1 Å². The molecule has 0 aliphatic carbocycles. The number of benzene rings is 1. The number of non-ortho nitro benzene ring substituents is 1. The molecular weight excluding hydrogens is 468 g/mol. The second-order valence-electron chi connectivity index (χ2n) is 8.27. The van der Waals surface area contributed by atoms with Crippen LogP contribution in [-0.4, -0.2) is 42.2 Å². The maximum absolute atomic E-state index is 13.2. The van der Waals surface area contributed by atoms with Crippen molar-refractivity contribution in [1.82, 2.24) is 0 Å². The SMILES string of the molecule is COC(=O)C1C(C)=NC(C)=C(C(=O)OCCC[n+]2cccc(C(N)=O)c2)[C@H]1c1cccc([N+](=O)[O-])c1. The summed E-state index contributed by atoms with van der Waals surface area (Å²) in [5, 5.41) is 11.4. The number of amides is 1. The highest BCUT2D eigenvalue weighted by Gasteiger charge is 2.42. The van der Waals surface area contributed by atoms with Gasteiger partial charge in [0.2, 0.25) is 0 Å². The quantitative estimate of drug-likeness (QED) is 0.184. The number of nitrogens with zero attached hydrogens (tertiary/aromatic N) is 3. The molecule has 11 nitrogen and oxygen atoms in total. The van der Waals surface area contributed by atoms with Gasteiger partial charge in [0.25, 0.3) is 11.6 Å². The Morgan fingerprint density at radius 1 is 1.19 bits per heavy atom. The average Bonchev–Trinajstić information content (AvgIpc) is 2.85. The van der Waals surface area contributed by atoms with Crippen LogP contribution >= 0.6 is 0 Å². The number of nitrogens with two attached hydrogens (primary N) is 1. The summed E-state index contributed by atoms with van der Waals surface area (Å²) in [5.41, 5.74) is 6.82. The van der Waals surface area contributed by atoms with Crippen LogP contribution in [-0.2, 0) is 25.6 Å². The first-order valence-corrected chi connectivity index (χ1v) is 11.2. The lowest BCUT2D eigenvalue weighted by molar-refractivity contribution is -0.697. The molecule has 0 fully saturated rings. The van der Waals surface area contributed by atoms with Crippen LogP contribution < -0.4 is 10.3 Å².